The number of nitrogens with zero attached hydrogens (tertiary/aromatic N) is 3. The van der Waals surface area contributed by atoms with Crippen LogP contribution >= 0.6 is 0 Å². The predicted octanol–water partition coefficient (Wildman–Crippen LogP) is 3.58. The fourth-order valence-electron chi connectivity index (χ4n) is 4.04. The van der Waals surface area contributed by atoms with E-state index in [2.05, 4.69) is 9.97 Å². The van der Waals surface area contributed by atoms with Crippen LogP contribution in [0.15, 0.2) is 45.9 Å². The smallest absolute Gasteiger partial charge is 0.297 e. The Morgan fingerprint density at radius 3 is 2.73 bits per heavy atom. The molecule has 1 aromatic carbocycles. The Labute approximate surface area is 172 Å². The standard InChI is InChI=1S/C23H21N3O4/c1-13-16-11-29-23(2,3)9-15(16)18-19-20(30-21(18)25-13)22(28)26(12-24-19)10-17(27)14-7-5-4-6-8-14/h4-8,12H,9-11H2,1-3H3. The molecule has 0 saturated heterocycles. The van der Waals surface area contributed by atoms with Crippen molar-refractivity contribution < 1.29 is 13.9 Å². The number of pyridine rings is 1. The molecule has 5 rings (SSSR count). The first-order valence-electron chi connectivity index (χ1n) is 9.86. The second-order valence-electron chi connectivity index (χ2n) is 8.31. The summed E-state index contributed by atoms with van der Waals surface area (Å²) in [6, 6.07) is 8.87. The lowest BCUT2D eigenvalue weighted by molar-refractivity contribution is -0.0400. The van der Waals surface area contributed by atoms with Crippen LogP contribution in [-0.2, 0) is 24.3 Å². The molecular formula is C23H21N3O4. The van der Waals surface area contributed by atoms with E-state index >= 15 is 0 Å². The van der Waals surface area contributed by atoms with Crippen LogP contribution in [0, 0.1) is 6.92 Å². The summed E-state index contributed by atoms with van der Waals surface area (Å²) in [6.45, 7) is 6.35. The van der Waals surface area contributed by atoms with Crippen LogP contribution in [0.5, 0.6) is 0 Å². The average Bonchev–Trinajstić information content (AvgIpc) is 3.09. The van der Waals surface area contributed by atoms with Gasteiger partial charge in [-0.2, -0.15) is 0 Å². The van der Waals surface area contributed by atoms with Crippen LogP contribution in [-0.4, -0.2) is 25.9 Å². The number of furan rings is 1. The van der Waals surface area contributed by atoms with Gasteiger partial charge in [0, 0.05) is 23.2 Å². The van der Waals surface area contributed by atoms with E-state index in [9.17, 15) is 9.59 Å². The summed E-state index contributed by atoms with van der Waals surface area (Å²) in [5.41, 5.74) is 3.75. The Hall–Kier alpha value is -3.32. The van der Waals surface area contributed by atoms with E-state index in [1.165, 1.54) is 10.9 Å². The lowest BCUT2D eigenvalue weighted by atomic mass is 9.89. The molecule has 0 amide bonds. The van der Waals surface area contributed by atoms with Crippen LogP contribution in [0.25, 0.3) is 22.2 Å². The Morgan fingerprint density at radius 2 is 1.97 bits per heavy atom. The molecule has 152 valence electrons. The number of ketones is 1. The highest BCUT2D eigenvalue weighted by Crippen LogP contribution is 2.37. The summed E-state index contributed by atoms with van der Waals surface area (Å²) < 4.78 is 13.1. The van der Waals surface area contributed by atoms with Crippen LogP contribution < -0.4 is 5.56 Å². The first kappa shape index (κ1) is 18.7. The molecule has 1 aliphatic heterocycles. The van der Waals surface area contributed by atoms with Gasteiger partial charge in [-0.25, -0.2) is 9.97 Å². The van der Waals surface area contributed by atoms with Crippen molar-refractivity contribution in [2.75, 3.05) is 0 Å². The average molecular weight is 403 g/mol. The quantitative estimate of drug-likeness (QED) is 0.486. The van der Waals surface area contributed by atoms with Crippen LogP contribution in [0.4, 0.5) is 0 Å². The van der Waals surface area contributed by atoms with Gasteiger partial charge in [0.05, 0.1) is 30.5 Å². The molecule has 0 atom stereocenters. The molecular weight excluding hydrogens is 382 g/mol. The number of hydrogen-bond acceptors (Lipinski definition) is 6. The Kier molecular flexibility index (Phi) is 4.11. The van der Waals surface area contributed by atoms with Gasteiger partial charge in [-0.15, -0.1) is 0 Å². The largest absolute Gasteiger partial charge is 0.430 e. The van der Waals surface area contributed by atoms with Crippen molar-refractivity contribution in [2.45, 2.75) is 45.9 Å². The SMILES string of the molecule is Cc1nc2oc3c(=O)n(CC(=O)c4ccccc4)cnc3c2c2c1COC(C)(C)C2. The molecule has 4 aromatic rings. The predicted molar refractivity (Wildman–Crippen MR) is 112 cm³/mol. The highest BCUT2D eigenvalue weighted by atomic mass is 16.5. The van der Waals surface area contributed by atoms with Gasteiger partial charge < -0.3 is 9.15 Å². The van der Waals surface area contributed by atoms with E-state index in [0.29, 0.717) is 29.8 Å². The van der Waals surface area contributed by atoms with Crippen LogP contribution in [0.3, 0.4) is 0 Å². The van der Waals surface area contributed by atoms with Gasteiger partial charge in [-0.05, 0) is 26.3 Å². The van der Waals surface area contributed by atoms with Crippen molar-refractivity contribution >= 4 is 28.0 Å². The van der Waals surface area contributed by atoms with Crippen LogP contribution in [0.2, 0.25) is 0 Å². The second-order valence-corrected chi connectivity index (χ2v) is 8.31. The molecule has 0 fully saturated rings. The molecule has 3 aromatic heterocycles. The van der Waals surface area contributed by atoms with Gasteiger partial charge in [-0.1, -0.05) is 30.3 Å². The number of carbonyl (C=O) groups is 1. The van der Waals surface area contributed by atoms with Gasteiger partial charge >= 0.3 is 0 Å². The molecule has 0 unspecified atom stereocenters. The monoisotopic (exact) mass is 403 g/mol. The topological polar surface area (TPSA) is 87.2 Å². The van der Waals surface area contributed by atoms with Crippen molar-refractivity contribution in [3.8, 4) is 0 Å². The molecule has 0 saturated carbocycles. The minimum Gasteiger partial charge on any atom is -0.430 e. The number of hydrogen-bond donors (Lipinski definition) is 0. The lowest BCUT2D eigenvalue weighted by Gasteiger charge is -2.32. The molecule has 7 nitrogen and oxygen atoms in total. The summed E-state index contributed by atoms with van der Waals surface area (Å²) in [5, 5.41) is 0.764. The summed E-state index contributed by atoms with van der Waals surface area (Å²) in [5.74, 6) is -0.166. The minimum atomic E-state index is -0.389. The summed E-state index contributed by atoms with van der Waals surface area (Å²) in [6.07, 6.45) is 2.09. The number of fused-ring (bicyclic) bond motifs is 5. The number of benzene rings is 1. The van der Waals surface area contributed by atoms with Crippen molar-refractivity contribution in [1.29, 1.82) is 0 Å². The molecule has 1 aliphatic rings. The van der Waals surface area contributed by atoms with Crippen molar-refractivity contribution in [3.63, 3.8) is 0 Å². The van der Waals surface area contributed by atoms with Gasteiger partial charge in [0.2, 0.25) is 11.3 Å². The molecule has 0 radical (unpaired) electrons. The maximum atomic E-state index is 13.1. The summed E-state index contributed by atoms with van der Waals surface area (Å²) in [4.78, 5) is 34.7. The third kappa shape index (κ3) is 2.93. The fraction of sp³-hybridized carbons (Fsp3) is 0.304. The molecule has 4 heterocycles. The highest BCUT2D eigenvalue weighted by Gasteiger charge is 2.31. The van der Waals surface area contributed by atoms with E-state index in [1.54, 1.807) is 24.3 Å². The number of ether oxygens (including phenoxy) is 1. The zero-order valence-electron chi connectivity index (χ0n) is 17.1. The zero-order valence-corrected chi connectivity index (χ0v) is 17.1. The molecule has 7 heteroatoms. The molecule has 0 bridgehead atoms. The maximum absolute atomic E-state index is 13.1. The summed E-state index contributed by atoms with van der Waals surface area (Å²) in [7, 11) is 0. The third-order valence-corrected chi connectivity index (χ3v) is 5.64. The van der Waals surface area contributed by atoms with Gasteiger partial charge in [0.25, 0.3) is 5.56 Å². The maximum Gasteiger partial charge on any atom is 0.297 e. The number of aryl methyl sites for hydroxylation is 1. The van der Waals surface area contributed by atoms with Crippen molar-refractivity contribution in [1.82, 2.24) is 14.5 Å². The number of aromatic nitrogens is 3. The van der Waals surface area contributed by atoms with Gasteiger partial charge in [0.1, 0.15) is 5.52 Å². The number of carbonyl (C=O) groups excluding carboxylic acids is 1. The van der Waals surface area contributed by atoms with E-state index < -0.39 is 0 Å². The first-order valence-corrected chi connectivity index (χ1v) is 9.86. The normalized spacial score (nSPS) is 15.4. The first-order chi connectivity index (χ1) is 14.3. The highest BCUT2D eigenvalue weighted by molar-refractivity contribution is 6.03. The molecule has 0 aliphatic carbocycles. The second kappa shape index (κ2) is 6.60. The van der Waals surface area contributed by atoms with Gasteiger partial charge in [0.15, 0.2) is 5.78 Å². The van der Waals surface area contributed by atoms with E-state index in [1.807, 2.05) is 26.8 Å². The minimum absolute atomic E-state index is 0.103. The fourth-order valence-corrected chi connectivity index (χ4v) is 4.04. The van der Waals surface area contributed by atoms with Crippen LogP contribution in [0.1, 0.15) is 41.0 Å². The summed E-state index contributed by atoms with van der Waals surface area (Å²) >= 11 is 0. The molecule has 30 heavy (non-hydrogen) atoms. The Bertz CT molecular complexity index is 1370. The number of Topliss-reactive ketones (excluding diaryl/α,β-unsaturated/α-hetero) is 1. The zero-order chi connectivity index (χ0) is 21.0. The molecule has 0 N–H and O–H groups in total. The molecule has 0 spiro atoms. The van der Waals surface area contributed by atoms with E-state index in [0.717, 1.165) is 22.2 Å². The third-order valence-electron chi connectivity index (χ3n) is 5.64. The van der Waals surface area contributed by atoms with E-state index in [-0.39, 0.29) is 29.1 Å². The Morgan fingerprint density at radius 1 is 1.20 bits per heavy atom. The lowest BCUT2D eigenvalue weighted by Crippen LogP contribution is -2.32. The number of rotatable bonds is 3. The van der Waals surface area contributed by atoms with Gasteiger partial charge in [-0.3, -0.25) is 14.2 Å². The van der Waals surface area contributed by atoms with Crippen molar-refractivity contribution in [3.05, 3.63) is 69.4 Å². The Balaban J connectivity index is 1.66. The van der Waals surface area contributed by atoms with Crippen molar-refractivity contribution in [2.24, 2.45) is 0 Å². The van der Waals surface area contributed by atoms with E-state index in [4.69, 9.17) is 9.15 Å².